The van der Waals surface area contributed by atoms with E-state index in [0.29, 0.717) is 6.54 Å². The van der Waals surface area contributed by atoms with Crippen LogP contribution in [-0.2, 0) is 17.4 Å². The van der Waals surface area contributed by atoms with Crippen LogP contribution in [0.25, 0.3) is 22.3 Å². The predicted octanol–water partition coefficient (Wildman–Crippen LogP) is 7.20. The molecular formula is C29H33NO. The Kier molecular flexibility index (Phi) is 5.08. The molecule has 0 N–H and O–H groups in total. The van der Waals surface area contributed by atoms with E-state index in [9.17, 15) is 4.79 Å². The van der Waals surface area contributed by atoms with Crippen LogP contribution in [-0.4, -0.2) is 17.9 Å². The molecule has 31 heavy (non-hydrogen) atoms. The molecule has 0 aliphatic carbocycles. The summed E-state index contributed by atoms with van der Waals surface area (Å²) in [5, 5.41) is 0. The van der Waals surface area contributed by atoms with E-state index in [4.69, 9.17) is 0 Å². The zero-order valence-electron chi connectivity index (χ0n) is 19.8. The molecule has 3 aromatic rings. The number of fused-ring (bicyclic) bond motifs is 1. The number of carbonyl (C=O) groups excluding carboxylic acids is 1. The van der Waals surface area contributed by atoms with Crippen molar-refractivity contribution in [3.05, 3.63) is 82.9 Å². The van der Waals surface area contributed by atoms with E-state index in [0.717, 1.165) is 27.8 Å². The second kappa shape index (κ2) is 7.37. The molecule has 0 radical (unpaired) electrons. The highest BCUT2D eigenvalue weighted by atomic mass is 16.2. The highest BCUT2D eigenvalue weighted by molar-refractivity contribution is 6.02. The van der Waals surface area contributed by atoms with Crippen molar-refractivity contribution in [2.75, 3.05) is 7.05 Å². The van der Waals surface area contributed by atoms with Crippen molar-refractivity contribution in [2.24, 2.45) is 0 Å². The lowest BCUT2D eigenvalue weighted by atomic mass is 9.84. The Morgan fingerprint density at radius 3 is 1.58 bits per heavy atom. The van der Waals surface area contributed by atoms with Gasteiger partial charge >= 0.3 is 0 Å². The van der Waals surface area contributed by atoms with Gasteiger partial charge in [-0.1, -0.05) is 90.1 Å². The van der Waals surface area contributed by atoms with Gasteiger partial charge in [0.05, 0.1) is 0 Å². The van der Waals surface area contributed by atoms with Crippen LogP contribution < -0.4 is 0 Å². The molecule has 0 atom stereocenters. The fourth-order valence-electron chi connectivity index (χ4n) is 4.28. The Bertz CT molecular complexity index is 1120. The summed E-state index contributed by atoms with van der Waals surface area (Å²) in [4.78, 5) is 14.7. The van der Waals surface area contributed by atoms with Crippen LogP contribution >= 0.6 is 0 Å². The highest BCUT2D eigenvalue weighted by Gasteiger charge is 2.28. The average molecular weight is 412 g/mol. The number of rotatable bonds is 2. The van der Waals surface area contributed by atoms with Crippen molar-refractivity contribution in [3.63, 3.8) is 0 Å². The maximum atomic E-state index is 12.9. The van der Waals surface area contributed by atoms with E-state index < -0.39 is 0 Å². The fourth-order valence-corrected chi connectivity index (χ4v) is 4.28. The van der Waals surface area contributed by atoms with E-state index in [1.807, 2.05) is 11.9 Å². The van der Waals surface area contributed by atoms with Gasteiger partial charge in [0.2, 0.25) is 0 Å². The van der Waals surface area contributed by atoms with Crippen molar-refractivity contribution in [2.45, 2.75) is 58.9 Å². The Hall–Kier alpha value is -2.87. The molecule has 160 valence electrons. The Balaban J connectivity index is 1.84. The van der Waals surface area contributed by atoms with Crippen LogP contribution in [0.4, 0.5) is 0 Å². The van der Waals surface area contributed by atoms with Crippen molar-refractivity contribution in [1.82, 2.24) is 4.90 Å². The van der Waals surface area contributed by atoms with Gasteiger partial charge in [0, 0.05) is 19.2 Å². The molecule has 0 aromatic heterocycles. The first-order valence-electron chi connectivity index (χ1n) is 11.1. The summed E-state index contributed by atoms with van der Waals surface area (Å²) in [7, 11) is 1.88. The average Bonchev–Trinajstić information content (AvgIpc) is 3.00. The van der Waals surface area contributed by atoms with Gasteiger partial charge in [0.1, 0.15) is 0 Å². The summed E-state index contributed by atoms with van der Waals surface area (Å²) in [6.45, 7) is 14.0. The van der Waals surface area contributed by atoms with Crippen LogP contribution in [0.2, 0.25) is 0 Å². The molecule has 0 spiro atoms. The molecule has 0 saturated heterocycles. The summed E-state index contributed by atoms with van der Waals surface area (Å²) in [6, 6.07) is 21.9. The zero-order chi connectivity index (χ0) is 22.6. The van der Waals surface area contributed by atoms with Gasteiger partial charge in [-0.2, -0.15) is 0 Å². The number of hydrogen-bond acceptors (Lipinski definition) is 1. The zero-order valence-corrected chi connectivity index (χ0v) is 19.8. The van der Waals surface area contributed by atoms with Gasteiger partial charge in [-0.05, 0) is 61.9 Å². The summed E-state index contributed by atoms with van der Waals surface area (Å²) >= 11 is 0. The minimum Gasteiger partial charge on any atom is -0.337 e. The molecule has 2 heteroatoms. The van der Waals surface area contributed by atoms with E-state index in [1.165, 1.54) is 16.7 Å². The van der Waals surface area contributed by atoms with Gasteiger partial charge in [0.15, 0.2) is 0 Å². The van der Waals surface area contributed by atoms with Crippen LogP contribution in [0, 0.1) is 0 Å². The van der Waals surface area contributed by atoms with Gasteiger partial charge in [-0.15, -0.1) is 0 Å². The van der Waals surface area contributed by atoms with Crippen LogP contribution in [0.3, 0.4) is 0 Å². The normalized spacial score (nSPS) is 14.2. The standard InChI is InChI=1S/C29H33NO/c1-28(2,3)22-12-8-19(9-13-22)21-16-24(26-18-30(7)27(31)25(26)17-21)20-10-14-23(15-11-20)29(4,5)6/h8-17H,18H2,1-7H3. The predicted molar refractivity (Wildman–Crippen MR) is 131 cm³/mol. The second-order valence-electron chi connectivity index (χ2n) is 10.9. The van der Waals surface area contributed by atoms with Crippen molar-refractivity contribution in [1.29, 1.82) is 0 Å². The first kappa shape index (κ1) is 21.4. The second-order valence-corrected chi connectivity index (χ2v) is 10.9. The van der Waals surface area contributed by atoms with Crippen molar-refractivity contribution >= 4 is 5.91 Å². The molecule has 2 nitrogen and oxygen atoms in total. The lowest BCUT2D eigenvalue weighted by Crippen LogP contribution is -2.17. The first-order valence-corrected chi connectivity index (χ1v) is 11.1. The SMILES string of the molecule is CN1Cc2c(cc(-c3ccc(C(C)(C)C)cc3)cc2-c2ccc(C(C)(C)C)cc2)C1=O. The third kappa shape index (κ3) is 4.04. The first-order chi connectivity index (χ1) is 14.4. The molecule has 1 heterocycles. The monoisotopic (exact) mass is 411 g/mol. The molecule has 0 unspecified atom stereocenters. The lowest BCUT2D eigenvalue weighted by molar-refractivity contribution is 0.0816. The third-order valence-corrected chi connectivity index (χ3v) is 6.37. The summed E-state index contributed by atoms with van der Waals surface area (Å²) < 4.78 is 0. The Labute approximate surface area is 186 Å². The number of benzene rings is 3. The molecular weight excluding hydrogens is 378 g/mol. The topological polar surface area (TPSA) is 20.3 Å². The quantitative estimate of drug-likeness (QED) is 0.436. The Morgan fingerprint density at radius 1 is 0.645 bits per heavy atom. The lowest BCUT2D eigenvalue weighted by Gasteiger charge is -2.20. The van der Waals surface area contributed by atoms with E-state index >= 15 is 0 Å². The maximum absolute atomic E-state index is 12.9. The van der Waals surface area contributed by atoms with Gasteiger partial charge < -0.3 is 4.90 Å². The maximum Gasteiger partial charge on any atom is 0.254 e. The van der Waals surface area contributed by atoms with Crippen LogP contribution in [0.15, 0.2) is 60.7 Å². The number of amides is 1. The molecule has 1 aliphatic rings. The molecule has 0 fully saturated rings. The number of hydrogen-bond donors (Lipinski definition) is 0. The smallest absolute Gasteiger partial charge is 0.254 e. The van der Waals surface area contributed by atoms with Crippen LogP contribution in [0.5, 0.6) is 0 Å². The summed E-state index contributed by atoms with van der Waals surface area (Å²) in [6.07, 6.45) is 0. The molecule has 1 aliphatic heterocycles. The van der Waals surface area contributed by atoms with E-state index in [1.54, 1.807) is 0 Å². The Morgan fingerprint density at radius 2 is 1.10 bits per heavy atom. The molecule has 3 aromatic carbocycles. The minimum atomic E-state index is 0.107. The fraction of sp³-hybridized carbons (Fsp3) is 0.345. The number of nitrogens with zero attached hydrogens (tertiary/aromatic N) is 1. The highest BCUT2D eigenvalue weighted by Crippen LogP contribution is 2.38. The van der Waals surface area contributed by atoms with Crippen molar-refractivity contribution < 1.29 is 4.79 Å². The van der Waals surface area contributed by atoms with E-state index in [2.05, 4.69) is 102 Å². The molecule has 4 rings (SSSR count). The summed E-state index contributed by atoms with van der Waals surface area (Å²) in [5.41, 5.74) is 9.39. The van der Waals surface area contributed by atoms with Crippen molar-refractivity contribution in [3.8, 4) is 22.3 Å². The molecule has 0 bridgehead atoms. The van der Waals surface area contributed by atoms with Gasteiger partial charge in [-0.3, -0.25) is 4.79 Å². The minimum absolute atomic E-state index is 0.107. The van der Waals surface area contributed by atoms with E-state index in [-0.39, 0.29) is 16.7 Å². The summed E-state index contributed by atoms with van der Waals surface area (Å²) in [5.74, 6) is 0.107. The third-order valence-electron chi connectivity index (χ3n) is 6.37. The number of carbonyl (C=O) groups is 1. The largest absolute Gasteiger partial charge is 0.337 e. The van der Waals surface area contributed by atoms with Crippen LogP contribution in [0.1, 0.15) is 68.6 Å². The van der Waals surface area contributed by atoms with Gasteiger partial charge in [0.25, 0.3) is 5.91 Å². The van der Waals surface area contributed by atoms with Gasteiger partial charge in [-0.25, -0.2) is 0 Å². The molecule has 0 saturated carbocycles. The molecule has 1 amide bonds.